The zero-order valence-corrected chi connectivity index (χ0v) is 16.5. The van der Waals surface area contributed by atoms with Crippen LogP contribution in [0.1, 0.15) is 30.9 Å². The number of rotatable bonds is 5. The maximum atomic E-state index is 15.7. The first kappa shape index (κ1) is 20.0. The van der Waals surface area contributed by atoms with Crippen LogP contribution in [0.4, 0.5) is 8.78 Å². The number of pyridine rings is 1. The summed E-state index contributed by atoms with van der Waals surface area (Å²) in [6, 6.07) is 5.63. The van der Waals surface area contributed by atoms with Gasteiger partial charge in [-0.15, -0.1) is 0 Å². The normalized spacial score (nSPS) is 19.4. The summed E-state index contributed by atoms with van der Waals surface area (Å²) in [5.41, 5.74) is -0.834. The van der Waals surface area contributed by atoms with Gasteiger partial charge in [0.15, 0.2) is 23.0 Å². The second kappa shape index (κ2) is 7.17. The Balaban J connectivity index is 1.76. The van der Waals surface area contributed by atoms with E-state index in [-0.39, 0.29) is 35.2 Å². The Hall–Kier alpha value is -3.33. The molecule has 2 aromatic heterocycles. The topological polar surface area (TPSA) is 86.6 Å². The summed E-state index contributed by atoms with van der Waals surface area (Å²) in [6.07, 6.45) is 2.62. The summed E-state index contributed by atoms with van der Waals surface area (Å²) in [6.45, 7) is 2.16. The van der Waals surface area contributed by atoms with Crippen LogP contribution < -0.4 is 14.2 Å². The zero-order valence-electron chi connectivity index (χ0n) is 16.5. The lowest BCUT2D eigenvalue weighted by Crippen LogP contribution is -2.27. The molecule has 0 aliphatic carbocycles. The molecule has 9 heteroatoms. The Morgan fingerprint density at radius 1 is 1.13 bits per heavy atom. The van der Waals surface area contributed by atoms with E-state index < -0.39 is 11.7 Å². The molecular formula is C21H19F2N3O4. The number of aliphatic hydroxyl groups is 1. The van der Waals surface area contributed by atoms with E-state index in [2.05, 4.69) is 15.0 Å². The van der Waals surface area contributed by atoms with E-state index in [4.69, 9.17) is 19.3 Å². The minimum Gasteiger partial charge on any atom is -0.494 e. The molecule has 2 unspecified atom stereocenters. The van der Waals surface area contributed by atoms with Gasteiger partial charge in [0.2, 0.25) is 0 Å². The fraction of sp³-hybridized carbons (Fsp3) is 0.286. The molecule has 156 valence electrons. The number of aromatic nitrogens is 3. The van der Waals surface area contributed by atoms with Gasteiger partial charge in [-0.1, -0.05) is 0 Å². The van der Waals surface area contributed by atoms with E-state index >= 15 is 4.39 Å². The largest absolute Gasteiger partial charge is 0.494 e. The smallest absolute Gasteiger partial charge is 0.404 e. The van der Waals surface area contributed by atoms with Gasteiger partial charge in [-0.25, -0.2) is 19.3 Å². The van der Waals surface area contributed by atoms with E-state index in [0.29, 0.717) is 17.0 Å². The van der Waals surface area contributed by atoms with Crippen molar-refractivity contribution < 1.29 is 28.1 Å². The van der Waals surface area contributed by atoms with Crippen LogP contribution in [0.5, 0.6) is 17.2 Å². The molecule has 4 rings (SSSR count). The fourth-order valence-corrected chi connectivity index (χ4v) is 3.14. The van der Waals surface area contributed by atoms with E-state index in [0.717, 1.165) is 6.92 Å². The van der Waals surface area contributed by atoms with Gasteiger partial charge in [-0.05, 0) is 37.3 Å². The molecule has 0 bridgehead atoms. The van der Waals surface area contributed by atoms with Gasteiger partial charge in [0.25, 0.3) is 0 Å². The van der Waals surface area contributed by atoms with Crippen LogP contribution in [0.2, 0.25) is 0 Å². The monoisotopic (exact) mass is 415 g/mol. The molecule has 0 amide bonds. The molecule has 0 radical (unpaired) electrons. The molecule has 2 atom stereocenters. The van der Waals surface area contributed by atoms with Gasteiger partial charge in [-0.2, -0.15) is 4.39 Å². The maximum absolute atomic E-state index is 15.7. The first-order valence-corrected chi connectivity index (χ1v) is 9.11. The highest BCUT2D eigenvalue weighted by Gasteiger charge is 2.37. The van der Waals surface area contributed by atoms with Crippen LogP contribution in [-0.4, -0.2) is 33.2 Å². The predicted molar refractivity (Wildman–Crippen MR) is 103 cm³/mol. The van der Waals surface area contributed by atoms with Crippen molar-refractivity contribution in [2.45, 2.75) is 32.2 Å². The summed E-state index contributed by atoms with van der Waals surface area (Å²) >= 11 is 0. The molecular weight excluding hydrogens is 396 g/mol. The van der Waals surface area contributed by atoms with Gasteiger partial charge in [-0.3, -0.25) is 0 Å². The number of benzene rings is 1. The molecule has 1 N–H and O–H groups in total. The minimum atomic E-state index is -2.25. The van der Waals surface area contributed by atoms with Crippen molar-refractivity contribution in [2.24, 2.45) is 0 Å². The van der Waals surface area contributed by atoms with Crippen LogP contribution >= 0.6 is 0 Å². The van der Waals surface area contributed by atoms with Crippen molar-refractivity contribution in [3.05, 3.63) is 59.8 Å². The Morgan fingerprint density at radius 3 is 2.50 bits per heavy atom. The van der Waals surface area contributed by atoms with Crippen molar-refractivity contribution in [2.75, 3.05) is 7.11 Å². The second-order valence-corrected chi connectivity index (χ2v) is 7.00. The van der Waals surface area contributed by atoms with Crippen molar-refractivity contribution >= 4 is 0 Å². The SMILES string of the molecule is COc1ccc(C(C)(F)c2cnc(CO)nc2)nc1-c1ccc2c(c1)OC(C)(F)O2. The molecule has 1 aliphatic heterocycles. The van der Waals surface area contributed by atoms with Gasteiger partial charge in [0.1, 0.15) is 18.1 Å². The quantitative estimate of drug-likeness (QED) is 0.680. The van der Waals surface area contributed by atoms with Crippen molar-refractivity contribution in [1.29, 1.82) is 0 Å². The molecule has 3 aromatic rings. The third kappa shape index (κ3) is 3.52. The summed E-state index contributed by atoms with van der Waals surface area (Å²) in [5, 5.41) is 9.08. The number of alkyl halides is 2. The molecule has 7 nitrogen and oxygen atoms in total. The average Bonchev–Trinajstić information content (AvgIpc) is 3.06. The number of hydrogen-bond acceptors (Lipinski definition) is 7. The van der Waals surface area contributed by atoms with Crippen LogP contribution in [-0.2, 0) is 12.3 Å². The van der Waals surface area contributed by atoms with Crippen molar-refractivity contribution in [3.63, 3.8) is 0 Å². The number of aliphatic hydroxyl groups excluding tert-OH is 1. The number of hydrogen-bond donors (Lipinski definition) is 1. The number of fused-ring (bicyclic) bond motifs is 1. The summed E-state index contributed by atoms with van der Waals surface area (Å²) in [7, 11) is 1.47. The van der Waals surface area contributed by atoms with E-state index in [1.165, 1.54) is 32.5 Å². The lowest BCUT2D eigenvalue weighted by atomic mass is 9.95. The van der Waals surface area contributed by atoms with Crippen molar-refractivity contribution in [3.8, 4) is 28.5 Å². The Morgan fingerprint density at radius 2 is 1.83 bits per heavy atom. The molecule has 3 heterocycles. The molecule has 0 fully saturated rings. The highest BCUT2D eigenvalue weighted by Crippen LogP contribution is 2.43. The Kier molecular flexibility index (Phi) is 4.77. The number of nitrogens with zero attached hydrogens (tertiary/aromatic N) is 3. The lowest BCUT2D eigenvalue weighted by Gasteiger charge is -2.21. The van der Waals surface area contributed by atoms with Gasteiger partial charge in [0, 0.05) is 30.4 Å². The van der Waals surface area contributed by atoms with Crippen LogP contribution in [0.25, 0.3) is 11.3 Å². The third-order valence-electron chi connectivity index (χ3n) is 4.75. The standard InChI is InChI=1S/C21H19F2N3O4/c1-20(22,13-9-24-18(11-27)25-10-13)17-7-6-15(28-3)19(26-17)12-4-5-14-16(8-12)30-21(2,23)29-14/h4-10,27H,11H2,1-3H3. The number of ether oxygens (including phenoxy) is 3. The Bertz CT molecular complexity index is 1090. The summed E-state index contributed by atoms with van der Waals surface area (Å²) < 4.78 is 45.3. The predicted octanol–water partition coefficient (Wildman–Crippen LogP) is 3.69. The highest BCUT2D eigenvalue weighted by atomic mass is 19.2. The molecule has 1 aliphatic rings. The van der Waals surface area contributed by atoms with Gasteiger partial charge in [0.05, 0.1) is 12.8 Å². The number of methoxy groups -OCH3 is 1. The minimum absolute atomic E-state index is 0.103. The van der Waals surface area contributed by atoms with Gasteiger partial charge < -0.3 is 19.3 Å². The average molecular weight is 415 g/mol. The van der Waals surface area contributed by atoms with E-state index in [9.17, 15) is 4.39 Å². The van der Waals surface area contributed by atoms with Gasteiger partial charge >= 0.3 is 6.04 Å². The Labute approximate surface area is 171 Å². The maximum Gasteiger partial charge on any atom is 0.404 e. The molecule has 30 heavy (non-hydrogen) atoms. The molecule has 0 saturated heterocycles. The fourth-order valence-electron chi connectivity index (χ4n) is 3.14. The highest BCUT2D eigenvalue weighted by molar-refractivity contribution is 5.70. The third-order valence-corrected chi connectivity index (χ3v) is 4.75. The number of halogens is 2. The summed E-state index contributed by atoms with van der Waals surface area (Å²) in [5.74, 6) is 1.07. The van der Waals surface area contributed by atoms with Crippen LogP contribution in [0.3, 0.4) is 0 Å². The van der Waals surface area contributed by atoms with E-state index in [1.807, 2.05) is 0 Å². The first-order valence-electron chi connectivity index (χ1n) is 9.11. The molecule has 0 spiro atoms. The zero-order chi connectivity index (χ0) is 21.5. The second-order valence-electron chi connectivity index (χ2n) is 7.00. The lowest BCUT2D eigenvalue weighted by molar-refractivity contribution is -0.173. The van der Waals surface area contributed by atoms with Crippen LogP contribution in [0, 0.1) is 0 Å². The van der Waals surface area contributed by atoms with Crippen LogP contribution in [0.15, 0.2) is 42.7 Å². The van der Waals surface area contributed by atoms with Crippen molar-refractivity contribution in [1.82, 2.24) is 15.0 Å². The molecule has 1 aromatic carbocycles. The molecule has 0 saturated carbocycles. The van der Waals surface area contributed by atoms with E-state index in [1.54, 1.807) is 24.3 Å². The summed E-state index contributed by atoms with van der Waals surface area (Å²) in [4.78, 5) is 12.3. The first-order chi connectivity index (χ1) is 14.2.